The zero-order valence-corrected chi connectivity index (χ0v) is 10.2. The van der Waals surface area contributed by atoms with Gasteiger partial charge in [-0.15, -0.1) is 0 Å². The first-order valence-electron chi connectivity index (χ1n) is 4.77. The fourth-order valence-electron chi connectivity index (χ4n) is 1.11. The first kappa shape index (κ1) is 12.7. The van der Waals surface area contributed by atoms with Gasteiger partial charge in [0.2, 0.25) is 0 Å². The van der Waals surface area contributed by atoms with Gasteiger partial charge in [-0.3, -0.25) is 9.05 Å². The van der Waals surface area contributed by atoms with Crippen molar-refractivity contribution in [2.24, 2.45) is 0 Å². The molecule has 0 heterocycles. The maximum atomic E-state index is 11.3. The summed E-state index contributed by atoms with van der Waals surface area (Å²) in [6.07, 6.45) is 0.671. The van der Waals surface area contributed by atoms with E-state index in [0.717, 1.165) is 5.56 Å². The van der Waals surface area contributed by atoms with Gasteiger partial charge in [-0.2, -0.15) is 0 Å². The molecule has 0 N–H and O–H groups in total. The Hall–Kier alpha value is -0.340. The van der Waals surface area contributed by atoms with Gasteiger partial charge < -0.3 is 0 Å². The van der Waals surface area contributed by atoms with Crippen LogP contribution in [0.4, 0.5) is 0 Å². The standard InChI is InChI=1S/C10H14ClO3P/c1-2-13-15(11,12)14-9-8-10-6-4-3-5-7-10/h3-7H,2,8-9H2,1H3. The topological polar surface area (TPSA) is 35.5 Å². The van der Waals surface area contributed by atoms with Crippen LogP contribution in [0.1, 0.15) is 12.5 Å². The van der Waals surface area contributed by atoms with E-state index in [9.17, 15) is 4.57 Å². The number of hydrogen-bond acceptors (Lipinski definition) is 3. The van der Waals surface area contributed by atoms with Crippen molar-refractivity contribution in [1.29, 1.82) is 0 Å². The minimum atomic E-state index is -3.36. The number of rotatable bonds is 6. The average Bonchev–Trinajstić information content (AvgIpc) is 2.19. The van der Waals surface area contributed by atoms with Crippen LogP contribution >= 0.6 is 18.2 Å². The molecule has 0 saturated heterocycles. The highest BCUT2D eigenvalue weighted by atomic mass is 35.7. The molecule has 0 aliphatic carbocycles. The predicted octanol–water partition coefficient (Wildman–Crippen LogP) is 3.63. The van der Waals surface area contributed by atoms with Gasteiger partial charge in [0.1, 0.15) is 0 Å². The Morgan fingerprint density at radius 2 is 1.93 bits per heavy atom. The van der Waals surface area contributed by atoms with Gasteiger partial charge in [-0.05, 0) is 18.9 Å². The lowest BCUT2D eigenvalue weighted by atomic mass is 10.2. The van der Waals surface area contributed by atoms with Crippen molar-refractivity contribution < 1.29 is 13.6 Å². The molecule has 15 heavy (non-hydrogen) atoms. The molecule has 0 spiro atoms. The smallest absolute Gasteiger partial charge is 0.297 e. The molecular weight excluding hydrogens is 235 g/mol. The van der Waals surface area contributed by atoms with E-state index in [-0.39, 0.29) is 6.61 Å². The number of halogens is 1. The Labute approximate surface area is 94.7 Å². The van der Waals surface area contributed by atoms with E-state index >= 15 is 0 Å². The predicted molar refractivity (Wildman–Crippen MR) is 61.2 cm³/mol. The largest absolute Gasteiger partial charge is 0.424 e. The summed E-state index contributed by atoms with van der Waals surface area (Å²) in [5.41, 5.74) is 1.12. The van der Waals surface area contributed by atoms with E-state index in [0.29, 0.717) is 13.0 Å². The lowest BCUT2D eigenvalue weighted by Crippen LogP contribution is -1.96. The fourth-order valence-corrected chi connectivity index (χ4v) is 2.30. The normalized spacial score (nSPS) is 14.8. The summed E-state index contributed by atoms with van der Waals surface area (Å²) in [4.78, 5) is 0. The molecule has 0 aromatic heterocycles. The van der Waals surface area contributed by atoms with Crippen LogP contribution in [0.25, 0.3) is 0 Å². The molecule has 1 aromatic carbocycles. The molecule has 1 aromatic rings. The van der Waals surface area contributed by atoms with E-state index in [1.54, 1.807) is 6.92 Å². The second-order valence-corrected chi connectivity index (χ2v) is 5.54. The molecule has 0 amide bonds. The molecule has 0 radical (unpaired) electrons. The monoisotopic (exact) mass is 248 g/mol. The highest BCUT2D eigenvalue weighted by molar-refractivity contribution is 7.81. The van der Waals surface area contributed by atoms with Crippen LogP contribution < -0.4 is 0 Å². The van der Waals surface area contributed by atoms with Gasteiger partial charge >= 0.3 is 6.95 Å². The van der Waals surface area contributed by atoms with Crippen LogP contribution in [0.2, 0.25) is 0 Å². The second kappa shape index (κ2) is 6.29. The molecule has 0 aliphatic heterocycles. The third-order valence-electron chi connectivity index (χ3n) is 1.76. The fraction of sp³-hybridized carbons (Fsp3) is 0.400. The van der Waals surface area contributed by atoms with Crippen LogP contribution in [-0.4, -0.2) is 13.2 Å². The maximum Gasteiger partial charge on any atom is 0.424 e. The van der Waals surface area contributed by atoms with Crippen molar-refractivity contribution in [3.8, 4) is 0 Å². The highest BCUT2D eigenvalue weighted by Crippen LogP contribution is 2.53. The second-order valence-electron chi connectivity index (χ2n) is 2.92. The molecular formula is C10H14ClO3P. The summed E-state index contributed by atoms with van der Waals surface area (Å²) >= 11 is 5.51. The van der Waals surface area contributed by atoms with Gasteiger partial charge in [0, 0.05) is 11.2 Å². The summed E-state index contributed by atoms with van der Waals surface area (Å²) in [5.74, 6) is 0. The molecule has 1 atom stereocenters. The van der Waals surface area contributed by atoms with Crippen molar-refractivity contribution in [3.63, 3.8) is 0 Å². The van der Waals surface area contributed by atoms with E-state index in [1.165, 1.54) is 0 Å². The molecule has 0 aliphatic rings. The molecule has 1 unspecified atom stereocenters. The van der Waals surface area contributed by atoms with E-state index < -0.39 is 6.95 Å². The average molecular weight is 249 g/mol. The van der Waals surface area contributed by atoms with Gasteiger partial charge in [-0.25, -0.2) is 4.57 Å². The van der Waals surface area contributed by atoms with E-state index in [1.807, 2.05) is 30.3 Å². The van der Waals surface area contributed by atoms with Gasteiger partial charge in [0.05, 0.1) is 13.2 Å². The summed E-state index contributed by atoms with van der Waals surface area (Å²) < 4.78 is 21.1. The molecule has 5 heteroatoms. The van der Waals surface area contributed by atoms with E-state index in [2.05, 4.69) is 0 Å². The third-order valence-corrected chi connectivity index (χ3v) is 3.41. The highest BCUT2D eigenvalue weighted by Gasteiger charge is 2.19. The minimum absolute atomic E-state index is 0.284. The Bertz CT molecular complexity index is 329. The Kier molecular flexibility index (Phi) is 5.34. The van der Waals surface area contributed by atoms with Gasteiger partial charge in [0.25, 0.3) is 0 Å². The number of benzene rings is 1. The van der Waals surface area contributed by atoms with Crippen LogP contribution in [0.5, 0.6) is 0 Å². The molecule has 0 bridgehead atoms. The van der Waals surface area contributed by atoms with Crippen molar-refractivity contribution in [2.75, 3.05) is 13.2 Å². The van der Waals surface area contributed by atoms with Crippen LogP contribution in [0, 0.1) is 0 Å². The Balaban J connectivity index is 2.31. The summed E-state index contributed by atoms with van der Waals surface area (Å²) in [7, 11) is 0. The zero-order chi connectivity index (χ0) is 11.1. The van der Waals surface area contributed by atoms with E-state index in [4.69, 9.17) is 20.3 Å². The SMILES string of the molecule is CCOP(=O)(Cl)OCCc1ccccc1. The minimum Gasteiger partial charge on any atom is -0.297 e. The van der Waals surface area contributed by atoms with Crippen molar-refractivity contribution in [1.82, 2.24) is 0 Å². The zero-order valence-electron chi connectivity index (χ0n) is 8.56. The first-order valence-corrected chi connectivity index (χ1v) is 7.21. The Morgan fingerprint density at radius 3 is 2.53 bits per heavy atom. The summed E-state index contributed by atoms with van der Waals surface area (Å²) in [6, 6.07) is 9.78. The van der Waals surface area contributed by atoms with Crippen molar-refractivity contribution >= 4 is 18.2 Å². The molecule has 84 valence electrons. The molecule has 1 rings (SSSR count). The maximum absolute atomic E-state index is 11.3. The van der Waals surface area contributed by atoms with Gasteiger partial charge in [0.15, 0.2) is 0 Å². The lowest BCUT2D eigenvalue weighted by molar-refractivity contribution is 0.228. The van der Waals surface area contributed by atoms with Crippen LogP contribution in [0.3, 0.4) is 0 Å². The van der Waals surface area contributed by atoms with Gasteiger partial charge in [-0.1, -0.05) is 30.3 Å². The van der Waals surface area contributed by atoms with Crippen molar-refractivity contribution in [2.45, 2.75) is 13.3 Å². The lowest BCUT2D eigenvalue weighted by Gasteiger charge is -2.09. The summed E-state index contributed by atoms with van der Waals surface area (Å²) in [5, 5.41) is 0. The Morgan fingerprint density at radius 1 is 1.27 bits per heavy atom. The quantitative estimate of drug-likeness (QED) is 0.721. The molecule has 3 nitrogen and oxygen atoms in total. The first-order chi connectivity index (χ1) is 7.14. The van der Waals surface area contributed by atoms with Crippen molar-refractivity contribution in [3.05, 3.63) is 35.9 Å². The summed E-state index contributed by atoms with van der Waals surface area (Å²) in [6.45, 7) is -1.06. The number of hydrogen-bond donors (Lipinski definition) is 0. The molecule has 0 saturated carbocycles. The van der Waals surface area contributed by atoms with Crippen LogP contribution in [-0.2, 0) is 20.0 Å². The van der Waals surface area contributed by atoms with Crippen LogP contribution in [0.15, 0.2) is 30.3 Å². The molecule has 0 fully saturated rings. The third kappa shape index (κ3) is 5.33.